The average Bonchev–Trinajstić information content (AvgIpc) is 2.36. The van der Waals surface area contributed by atoms with Gasteiger partial charge in [0.2, 0.25) is 0 Å². The molecule has 1 atom stereocenters. The summed E-state index contributed by atoms with van der Waals surface area (Å²) in [6.45, 7) is 11.6. The van der Waals surface area contributed by atoms with Crippen LogP contribution in [0.15, 0.2) is 24.3 Å². The maximum absolute atomic E-state index is 12.2. The highest BCUT2D eigenvalue weighted by Crippen LogP contribution is 2.22. The van der Waals surface area contributed by atoms with Gasteiger partial charge in [-0.2, -0.15) is 0 Å². The van der Waals surface area contributed by atoms with Gasteiger partial charge >= 0.3 is 0 Å². The largest absolute Gasteiger partial charge is 0.330 e. The first-order valence-electron chi connectivity index (χ1n) is 8.03. The van der Waals surface area contributed by atoms with Gasteiger partial charge in [-0.25, -0.2) is 0 Å². The molecule has 0 bridgehead atoms. The van der Waals surface area contributed by atoms with Crippen LogP contribution in [0.1, 0.15) is 58.6 Å². The van der Waals surface area contributed by atoms with E-state index in [-0.39, 0.29) is 5.41 Å². The topological polar surface area (TPSA) is 43.1 Å². The molecule has 0 heterocycles. The number of hydrogen-bond donors (Lipinski definition) is 1. The van der Waals surface area contributed by atoms with Gasteiger partial charge in [-0.05, 0) is 41.3 Å². The van der Waals surface area contributed by atoms with Crippen molar-refractivity contribution in [3.05, 3.63) is 35.4 Å². The van der Waals surface area contributed by atoms with E-state index in [0.29, 0.717) is 37.0 Å². The molecule has 1 aromatic carbocycles. The summed E-state index contributed by atoms with van der Waals surface area (Å²) in [6, 6.07) is 8.44. The number of hydrogen-bond acceptors (Lipinski definition) is 2. The molecular formula is C19H31NO. The quantitative estimate of drug-likeness (QED) is 0.821. The molecule has 0 aliphatic rings. The van der Waals surface area contributed by atoms with Crippen LogP contribution in [-0.4, -0.2) is 12.3 Å². The SMILES string of the molecule is CC(C)CC(CN)CC(=O)Cc1ccc(C(C)(C)C)cc1. The summed E-state index contributed by atoms with van der Waals surface area (Å²) in [7, 11) is 0. The van der Waals surface area contributed by atoms with Crippen LogP contribution >= 0.6 is 0 Å². The summed E-state index contributed by atoms with van der Waals surface area (Å²) in [5.41, 5.74) is 8.34. The Bertz CT molecular complexity index is 440. The van der Waals surface area contributed by atoms with Gasteiger partial charge in [-0.15, -0.1) is 0 Å². The molecule has 21 heavy (non-hydrogen) atoms. The molecule has 2 N–H and O–H groups in total. The smallest absolute Gasteiger partial charge is 0.137 e. The molecule has 0 amide bonds. The van der Waals surface area contributed by atoms with Crippen molar-refractivity contribution in [1.82, 2.24) is 0 Å². The van der Waals surface area contributed by atoms with E-state index in [2.05, 4.69) is 58.9 Å². The molecule has 0 aromatic heterocycles. The molecule has 0 spiro atoms. The van der Waals surface area contributed by atoms with E-state index < -0.39 is 0 Å². The van der Waals surface area contributed by atoms with E-state index in [9.17, 15) is 4.79 Å². The molecule has 0 radical (unpaired) electrons. The van der Waals surface area contributed by atoms with E-state index in [0.717, 1.165) is 12.0 Å². The molecule has 1 rings (SSSR count). The molecular weight excluding hydrogens is 258 g/mol. The third-order valence-electron chi connectivity index (χ3n) is 3.88. The molecule has 0 saturated heterocycles. The first kappa shape index (κ1) is 17.9. The lowest BCUT2D eigenvalue weighted by Gasteiger charge is -2.19. The number of carbonyl (C=O) groups excluding carboxylic acids is 1. The minimum Gasteiger partial charge on any atom is -0.330 e. The van der Waals surface area contributed by atoms with Gasteiger partial charge in [0.25, 0.3) is 0 Å². The van der Waals surface area contributed by atoms with Crippen molar-refractivity contribution in [1.29, 1.82) is 0 Å². The molecule has 0 fully saturated rings. The van der Waals surface area contributed by atoms with Gasteiger partial charge in [0.1, 0.15) is 5.78 Å². The standard InChI is InChI=1S/C19H31NO/c1-14(2)10-16(13-20)12-18(21)11-15-6-8-17(9-7-15)19(3,4)5/h6-9,14,16H,10-13,20H2,1-5H3. The van der Waals surface area contributed by atoms with E-state index in [1.165, 1.54) is 5.56 Å². The predicted molar refractivity (Wildman–Crippen MR) is 90.5 cm³/mol. The van der Waals surface area contributed by atoms with Crippen molar-refractivity contribution in [2.24, 2.45) is 17.6 Å². The van der Waals surface area contributed by atoms with E-state index >= 15 is 0 Å². The van der Waals surface area contributed by atoms with Crippen molar-refractivity contribution in [2.45, 2.75) is 59.3 Å². The first-order chi connectivity index (χ1) is 9.72. The molecule has 0 saturated carbocycles. The predicted octanol–water partition coefficient (Wildman–Crippen LogP) is 4.11. The minimum absolute atomic E-state index is 0.157. The van der Waals surface area contributed by atoms with E-state index in [1.807, 2.05) is 0 Å². The third-order valence-corrected chi connectivity index (χ3v) is 3.88. The van der Waals surface area contributed by atoms with Gasteiger partial charge in [-0.1, -0.05) is 58.9 Å². The van der Waals surface area contributed by atoms with Crippen molar-refractivity contribution in [3.8, 4) is 0 Å². The monoisotopic (exact) mass is 289 g/mol. The van der Waals surface area contributed by atoms with Gasteiger partial charge in [0.05, 0.1) is 0 Å². The summed E-state index contributed by atoms with van der Waals surface area (Å²) >= 11 is 0. The summed E-state index contributed by atoms with van der Waals surface area (Å²) in [5.74, 6) is 1.22. The molecule has 2 nitrogen and oxygen atoms in total. The van der Waals surface area contributed by atoms with Crippen LogP contribution in [-0.2, 0) is 16.6 Å². The Hall–Kier alpha value is -1.15. The molecule has 0 aliphatic heterocycles. The van der Waals surface area contributed by atoms with Gasteiger partial charge < -0.3 is 5.73 Å². The Labute approximate surface area is 130 Å². The number of Topliss-reactive ketones (excluding diaryl/α,β-unsaturated/α-hetero) is 1. The van der Waals surface area contributed by atoms with Crippen LogP contribution in [0.4, 0.5) is 0 Å². The van der Waals surface area contributed by atoms with Gasteiger partial charge in [0, 0.05) is 12.8 Å². The van der Waals surface area contributed by atoms with Crippen LogP contribution < -0.4 is 5.73 Å². The second-order valence-corrected chi connectivity index (χ2v) is 7.60. The van der Waals surface area contributed by atoms with Crippen molar-refractivity contribution in [2.75, 3.05) is 6.54 Å². The fraction of sp³-hybridized carbons (Fsp3) is 0.632. The highest BCUT2D eigenvalue weighted by Gasteiger charge is 2.16. The Morgan fingerprint density at radius 3 is 2.14 bits per heavy atom. The summed E-state index contributed by atoms with van der Waals surface area (Å²) in [5, 5.41) is 0. The van der Waals surface area contributed by atoms with Crippen LogP contribution in [0.5, 0.6) is 0 Å². The fourth-order valence-corrected chi connectivity index (χ4v) is 2.67. The summed E-state index contributed by atoms with van der Waals surface area (Å²) in [6.07, 6.45) is 2.17. The lowest BCUT2D eigenvalue weighted by atomic mass is 9.86. The van der Waals surface area contributed by atoms with Crippen molar-refractivity contribution >= 4 is 5.78 Å². The highest BCUT2D eigenvalue weighted by atomic mass is 16.1. The zero-order valence-electron chi connectivity index (χ0n) is 14.3. The zero-order chi connectivity index (χ0) is 16.0. The van der Waals surface area contributed by atoms with Crippen molar-refractivity contribution < 1.29 is 4.79 Å². The van der Waals surface area contributed by atoms with Crippen LogP contribution in [0.2, 0.25) is 0 Å². The van der Waals surface area contributed by atoms with Crippen LogP contribution in [0, 0.1) is 11.8 Å². The number of benzene rings is 1. The fourth-order valence-electron chi connectivity index (χ4n) is 2.67. The lowest BCUT2D eigenvalue weighted by molar-refractivity contribution is -0.119. The normalized spacial score (nSPS) is 13.5. The Morgan fingerprint density at radius 2 is 1.71 bits per heavy atom. The van der Waals surface area contributed by atoms with E-state index in [4.69, 9.17) is 5.73 Å². The van der Waals surface area contributed by atoms with E-state index in [1.54, 1.807) is 0 Å². The third kappa shape index (κ3) is 6.43. The van der Waals surface area contributed by atoms with Crippen LogP contribution in [0.3, 0.4) is 0 Å². The lowest BCUT2D eigenvalue weighted by Crippen LogP contribution is -2.21. The second-order valence-electron chi connectivity index (χ2n) is 7.60. The first-order valence-corrected chi connectivity index (χ1v) is 8.03. The number of ketones is 1. The molecule has 1 unspecified atom stereocenters. The Morgan fingerprint density at radius 1 is 1.14 bits per heavy atom. The Balaban J connectivity index is 2.58. The Kier molecular flexibility index (Phi) is 6.60. The summed E-state index contributed by atoms with van der Waals surface area (Å²) in [4.78, 5) is 12.2. The number of nitrogens with two attached hydrogens (primary N) is 1. The molecule has 2 heteroatoms. The molecule has 0 aliphatic carbocycles. The number of rotatable bonds is 7. The minimum atomic E-state index is 0.157. The maximum atomic E-state index is 12.2. The molecule has 1 aromatic rings. The summed E-state index contributed by atoms with van der Waals surface area (Å²) < 4.78 is 0. The second kappa shape index (κ2) is 7.74. The van der Waals surface area contributed by atoms with Gasteiger partial charge in [0.15, 0.2) is 0 Å². The number of carbonyl (C=O) groups is 1. The average molecular weight is 289 g/mol. The maximum Gasteiger partial charge on any atom is 0.137 e. The zero-order valence-corrected chi connectivity index (χ0v) is 14.3. The van der Waals surface area contributed by atoms with Crippen LogP contribution in [0.25, 0.3) is 0 Å². The highest BCUT2D eigenvalue weighted by molar-refractivity contribution is 5.81. The molecule has 118 valence electrons. The van der Waals surface area contributed by atoms with Crippen molar-refractivity contribution in [3.63, 3.8) is 0 Å². The van der Waals surface area contributed by atoms with Gasteiger partial charge in [-0.3, -0.25) is 4.79 Å².